The average molecular weight is 496 g/mol. The van der Waals surface area contributed by atoms with Gasteiger partial charge in [0, 0.05) is 24.6 Å². The minimum absolute atomic E-state index is 0.0360. The van der Waals surface area contributed by atoms with E-state index in [-0.39, 0.29) is 43.0 Å². The third-order valence-corrected chi connectivity index (χ3v) is 7.31. The van der Waals surface area contributed by atoms with Crippen molar-refractivity contribution in [3.05, 3.63) is 51.2 Å². The second-order valence-electron chi connectivity index (χ2n) is 9.66. The van der Waals surface area contributed by atoms with E-state index in [1.807, 2.05) is 23.1 Å². The van der Waals surface area contributed by atoms with E-state index in [1.54, 1.807) is 7.11 Å². The van der Waals surface area contributed by atoms with Crippen LogP contribution >= 0.6 is 0 Å². The third-order valence-electron chi connectivity index (χ3n) is 7.31. The van der Waals surface area contributed by atoms with Crippen LogP contribution in [0.3, 0.4) is 0 Å². The predicted octanol–water partition coefficient (Wildman–Crippen LogP) is 1.16. The van der Waals surface area contributed by atoms with E-state index < -0.39 is 0 Å². The number of aromatic nitrogens is 2. The van der Waals surface area contributed by atoms with Gasteiger partial charge >= 0.3 is 0 Å². The molecule has 2 amide bonds. The number of rotatable bonds is 6. The Morgan fingerprint density at radius 1 is 1.22 bits per heavy atom. The Bertz CT molecular complexity index is 1190. The number of benzene rings is 1. The van der Waals surface area contributed by atoms with Crippen molar-refractivity contribution in [1.82, 2.24) is 20.2 Å². The van der Waals surface area contributed by atoms with Crippen molar-refractivity contribution in [1.29, 1.82) is 0 Å². The van der Waals surface area contributed by atoms with Gasteiger partial charge in [-0.1, -0.05) is 0 Å². The van der Waals surface area contributed by atoms with Crippen LogP contribution in [0.2, 0.25) is 0 Å². The summed E-state index contributed by atoms with van der Waals surface area (Å²) in [6.45, 7) is 3.40. The molecule has 4 heterocycles. The van der Waals surface area contributed by atoms with E-state index in [0.717, 1.165) is 54.9 Å². The molecule has 1 saturated heterocycles. The van der Waals surface area contributed by atoms with Gasteiger partial charge in [-0.3, -0.25) is 19.3 Å². The highest BCUT2D eigenvalue weighted by Gasteiger charge is 2.32. The summed E-state index contributed by atoms with van der Waals surface area (Å²) in [7, 11) is 1.66. The molecule has 36 heavy (non-hydrogen) atoms. The topological polar surface area (TPSA) is 117 Å². The molecule has 0 radical (unpaired) electrons. The van der Waals surface area contributed by atoms with Crippen LogP contribution in [0, 0.1) is 5.92 Å². The SMILES string of the molecule is COc1ccc2c(c1)CCCN2C(=O)C1CCN(CC(=O)NCc2nc3c(c(=O)[nH]2)COCC3)CC1. The molecule has 192 valence electrons. The number of nitrogens with one attached hydrogen (secondary N) is 2. The van der Waals surface area contributed by atoms with Crippen LogP contribution in [0.5, 0.6) is 5.75 Å². The van der Waals surface area contributed by atoms with Crippen LogP contribution in [0.4, 0.5) is 5.69 Å². The number of ether oxygens (including phenoxy) is 2. The first kappa shape index (κ1) is 24.5. The molecule has 0 atom stereocenters. The molecule has 0 unspecified atom stereocenters. The van der Waals surface area contributed by atoms with Gasteiger partial charge in [-0.05, 0) is 62.5 Å². The van der Waals surface area contributed by atoms with Gasteiger partial charge in [0.25, 0.3) is 5.56 Å². The van der Waals surface area contributed by atoms with Crippen molar-refractivity contribution in [2.24, 2.45) is 5.92 Å². The van der Waals surface area contributed by atoms with E-state index in [0.29, 0.717) is 37.5 Å². The molecule has 0 bridgehead atoms. The van der Waals surface area contributed by atoms with Gasteiger partial charge in [-0.25, -0.2) is 4.98 Å². The summed E-state index contributed by atoms with van der Waals surface area (Å²) in [5.41, 5.74) is 3.27. The minimum atomic E-state index is -0.203. The van der Waals surface area contributed by atoms with Crippen LogP contribution in [0.15, 0.2) is 23.0 Å². The quantitative estimate of drug-likeness (QED) is 0.618. The predicted molar refractivity (Wildman–Crippen MR) is 133 cm³/mol. The summed E-state index contributed by atoms with van der Waals surface area (Å²) < 4.78 is 10.7. The number of methoxy groups -OCH3 is 1. The molecular formula is C26H33N5O5. The van der Waals surface area contributed by atoms with Crippen molar-refractivity contribution in [2.75, 3.05) is 44.8 Å². The largest absolute Gasteiger partial charge is 0.497 e. The normalized spacial score (nSPS) is 18.3. The Hall–Kier alpha value is -3.24. The zero-order valence-corrected chi connectivity index (χ0v) is 20.7. The number of nitrogens with zero attached hydrogens (tertiary/aromatic N) is 3. The molecule has 5 rings (SSSR count). The van der Waals surface area contributed by atoms with Crippen LogP contribution in [-0.4, -0.2) is 66.6 Å². The number of carbonyl (C=O) groups excluding carboxylic acids is 2. The summed E-state index contributed by atoms with van der Waals surface area (Å²) in [5, 5.41) is 2.86. The van der Waals surface area contributed by atoms with E-state index >= 15 is 0 Å². The average Bonchev–Trinajstić information content (AvgIpc) is 2.91. The van der Waals surface area contributed by atoms with Gasteiger partial charge in [0.05, 0.1) is 44.7 Å². The van der Waals surface area contributed by atoms with Gasteiger partial charge in [-0.2, -0.15) is 0 Å². The summed E-state index contributed by atoms with van der Waals surface area (Å²) in [4.78, 5) is 49.3. The Labute approximate surface area is 210 Å². The number of hydrogen-bond donors (Lipinski definition) is 2. The van der Waals surface area contributed by atoms with Gasteiger partial charge in [0.2, 0.25) is 11.8 Å². The van der Waals surface area contributed by atoms with Gasteiger partial charge in [0.15, 0.2) is 0 Å². The monoisotopic (exact) mass is 495 g/mol. The van der Waals surface area contributed by atoms with Crippen LogP contribution in [-0.2, 0) is 40.3 Å². The molecule has 1 fully saturated rings. The number of likely N-dealkylation sites (tertiary alicyclic amines) is 1. The maximum atomic E-state index is 13.3. The Morgan fingerprint density at radius 2 is 2.06 bits per heavy atom. The third kappa shape index (κ3) is 5.29. The molecule has 0 saturated carbocycles. The number of piperidine rings is 1. The molecule has 0 spiro atoms. The summed E-state index contributed by atoms with van der Waals surface area (Å²) in [5.74, 6) is 1.29. The van der Waals surface area contributed by atoms with Crippen molar-refractivity contribution in [3.8, 4) is 5.75 Å². The summed E-state index contributed by atoms with van der Waals surface area (Å²) >= 11 is 0. The first-order valence-corrected chi connectivity index (χ1v) is 12.7. The standard InChI is InChI=1S/C26H33N5O5/c1-35-19-4-5-22-18(13-19)3-2-9-31(22)26(34)17-6-10-30(11-7-17)15-24(32)27-14-23-28-21-8-12-36-16-20(21)25(33)29-23/h4-5,13,17H,2-3,6-12,14-16H2,1H3,(H,27,32)(H,28,29,33). The molecule has 1 aromatic carbocycles. The number of fused-ring (bicyclic) bond motifs is 2. The first-order chi connectivity index (χ1) is 17.5. The van der Waals surface area contributed by atoms with Crippen molar-refractivity contribution < 1.29 is 19.1 Å². The second-order valence-corrected chi connectivity index (χ2v) is 9.66. The number of amides is 2. The lowest BCUT2D eigenvalue weighted by molar-refractivity contribution is -0.124. The van der Waals surface area contributed by atoms with Crippen molar-refractivity contribution in [2.45, 2.75) is 45.3 Å². The smallest absolute Gasteiger partial charge is 0.256 e. The lowest BCUT2D eigenvalue weighted by Gasteiger charge is -2.36. The molecule has 1 aromatic heterocycles. The molecular weight excluding hydrogens is 462 g/mol. The Balaban J connectivity index is 1.11. The fraction of sp³-hybridized carbons (Fsp3) is 0.538. The number of aryl methyl sites for hydroxylation is 1. The van der Waals surface area contributed by atoms with Crippen LogP contribution in [0.25, 0.3) is 0 Å². The highest BCUT2D eigenvalue weighted by atomic mass is 16.5. The maximum Gasteiger partial charge on any atom is 0.256 e. The lowest BCUT2D eigenvalue weighted by atomic mass is 9.93. The number of carbonyl (C=O) groups is 2. The highest BCUT2D eigenvalue weighted by molar-refractivity contribution is 5.96. The zero-order chi connectivity index (χ0) is 25.1. The number of H-pyrrole nitrogens is 1. The van der Waals surface area contributed by atoms with Gasteiger partial charge in [0.1, 0.15) is 11.6 Å². The van der Waals surface area contributed by atoms with Gasteiger partial charge < -0.3 is 24.7 Å². The second kappa shape index (κ2) is 10.8. The zero-order valence-electron chi connectivity index (χ0n) is 20.7. The van der Waals surface area contributed by atoms with Gasteiger partial charge in [-0.15, -0.1) is 0 Å². The molecule has 3 aliphatic rings. The van der Waals surface area contributed by atoms with Crippen molar-refractivity contribution in [3.63, 3.8) is 0 Å². The van der Waals surface area contributed by atoms with Crippen LogP contribution in [0.1, 0.15) is 41.9 Å². The lowest BCUT2D eigenvalue weighted by Crippen LogP contribution is -2.46. The maximum absolute atomic E-state index is 13.3. The number of aromatic amines is 1. The van der Waals surface area contributed by atoms with Crippen molar-refractivity contribution >= 4 is 17.5 Å². The first-order valence-electron chi connectivity index (χ1n) is 12.7. The Kier molecular flexibility index (Phi) is 7.33. The molecule has 0 aliphatic carbocycles. The minimum Gasteiger partial charge on any atom is -0.497 e. The molecule has 10 nitrogen and oxygen atoms in total. The summed E-state index contributed by atoms with van der Waals surface area (Å²) in [6.07, 6.45) is 3.97. The summed E-state index contributed by atoms with van der Waals surface area (Å²) in [6, 6.07) is 5.93. The highest BCUT2D eigenvalue weighted by Crippen LogP contribution is 2.33. The molecule has 2 N–H and O–H groups in total. The van der Waals surface area contributed by atoms with E-state index in [4.69, 9.17) is 9.47 Å². The number of hydrogen-bond acceptors (Lipinski definition) is 7. The van der Waals surface area contributed by atoms with E-state index in [9.17, 15) is 14.4 Å². The van der Waals surface area contributed by atoms with Crippen LogP contribution < -0.4 is 20.5 Å². The van der Waals surface area contributed by atoms with E-state index in [1.165, 1.54) is 0 Å². The molecule has 3 aliphatic heterocycles. The number of anilines is 1. The fourth-order valence-electron chi connectivity index (χ4n) is 5.31. The molecule has 10 heteroatoms. The fourth-order valence-corrected chi connectivity index (χ4v) is 5.31. The Morgan fingerprint density at radius 3 is 2.86 bits per heavy atom. The van der Waals surface area contributed by atoms with E-state index in [2.05, 4.69) is 20.2 Å². The molecule has 2 aromatic rings.